The van der Waals surface area contributed by atoms with E-state index in [1.807, 2.05) is 48.5 Å². The number of amides is 1. The number of halogens is 1. The van der Waals surface area contributed by atoms with Crippen molar-refractivity contribution in [3.05, 3.63) is 58.6 Å². The predicted molar refractivity (Wildman–Crippen MR) is 103 cm³/mol. The molecule has 6 heteroatoms. The summed E-state index contributed by atoms with van der Waals surface area (Å²) in [7, 11) is 0. The molecule has 23 heavy (non-hydrogen) atoms. The first-order chi connectivity index (χ1) is 11.1. The summed E-state index contributed by atoms with van der Waals surface area (Å²) in [5.74, 6) is -0.135. The largest absolute Gasteiger partial charge is 0.353 e. The van der Waals surface area contributed by atoms with Crippen LogP contribution in [0.4, 0.5) is 11.4 Å². The fourth-order valence-corrected chi connectivity index (χ4v) is 2.64. The van der Waals surface area contributed by atoms with Gasteiger partial charge >= 0.3 is 0 Å². The van der Waals surface area contributed by atoms with Crippen LogP contribution < -0.4 is 16.0 Å². The van der Waals surface area contributed by atoms with Crippen molar-refractivity contribution in [2.45, 2.75) is 13.3 Å². The maximum absolute atomic E-state index is 12.0. The summed E-state index contributed by atoms with van der Waals surface area (Å²) in [4.78, 5) is 12.0. The molecule has 0 unspecified atom stereocenters. The number of hydrogen-bond donors (Lipinski definition) is 3. The van der Waals surface area contributed by atoms with Gasteiger partial charge in [0.15, 0.2) is 5.11 Å². The van der Waals surface area contributed by atoms with Crippen molar-refractivity contribution in [3.63, 3.8) is 0 Å². The van der Waals surface area contributed by atoms with Crippen molar-refractivity contribution in [1.29, 1.82) is 0 Å². The minimum atomic E-state index is -0.135. The van der Waals surface area contributed by atoms with E-state index < -0.39 is 0 Å². The molecule has 2 rings (SSSR count). The molecule has 0 aliphatic rings. The molecule has 0 saturated carbocycles. The summed E-state index contributed by atoms with van der Waals surface area (Å²) in [6.07, 6.45) is 0.868. The van der Waals surface area contributed by atoms with Gasteiger partial charge in [0.1, 0.15) is 0 Å². The minimum absolute atomic E-state index is 0.109. The molecule has 0 aliphatic carbocycles. The Bertz CT molecular complexity index is 706. The number of anilines is 2. The standard InChI is InChI=1S/C17H18BrN3OS/c1-2-12-6-3-4-9-15(12)21-16(22)11-19-17(23)20-14-8-5-7-13(18)10-14/h3-10H,2,11H2,1H3,(H,21,22)(H2,19,20,23). The second kappa shape index (κ2) is 8.64. The number of rotatable bonds is 5. The third-order valence-electron chi connectivity index (χ3n) is 3.16. The maximum atomic E-state index is 12.0. The van der Waals surface area contributed by atoms with Crippen LogP contribution in [0.1, 0.15) is 12.5 Å². The number of benzene rings is 2. The van der Waals surface area contributed by atoms with E-state index in [0.717, 1.165) is 27.8 Å². The van der Waals surface area contributed by atoms with Crippen LogP contribution in [-0.4, -0.2) is 17.6 Å². The molecule has 0 fully saturated rings. The van der Waals surface area contributed by atoms with Gasteiger partial charge in [-0.3, -0.25) is 4.79 Å². The van der Waals surface area contributed by atoms with Crippen LogP contribution in [0, 0.1) is 0 Å². The molecule has 0 saturated heterocycles. The molecule has 0 radical (unpaired) electrons. The van der Waals surface area contributed by atoms with Crippen molar-refractivity contribution >= 4 is 50.5 Å². The molecule has 0 spiro atoms. The molecule has 3 N–H and O–H groups in total. The molecular weight excluding hydrogens is 374 g/mol. The number of hydrogen-bond acceptors (Lipinski definition) is 2. The van der Waals surface area contributed by atoms with Gasteiger partial charge in [-0.25, -0.2) is 0 Å². The van der Waals surface area contributed by atoms with Gasteiger partial charge < -0.3 is 16.0 Å². The normalized spacial score (nSPS) is 10.0. The van der Waals surface area contributed by atoms with Gasteiger partial charge in [-0.05, 0) is 48.5 Å². The third kappa shape index (κ3) is 5.65. The monoisotopic (exact) mass is 391 g/mol. The van der Waals surface area contributed by atoms with Gasteiger partial charge in [-0.15, -0.1) is 0 Å². The molecule has 2 aromatic carbocycles. The van der Waals surface area contributed by atoms with Crippen molar-refractivity contribution in [2.24, 2.45) is 0 Å². The van der Waals surface area contributed by atoms with E-state index >= 15 is 0 Å². The molecular formula is C17H18BrN3OS. The van der Waals surface area contributed by atoms with Gasteiger partial charge in [0, 0.05) is 15.8 Å². The van der Waals surface area contributed by atoms with Crippen LogP contribution in [0.25, 0.3) is 0 Å². The van der Waals surface area contributed by atoms with E-state index in [1.165, 1.54) is 0 Å². The zero-order valence-electron chi connectivity index (χ0n) is 12.7. The Morgan fingerprint density at radius 2 is 1.91 bits per heavy atom. The molecule has 0 aromatic heterocycles. The Kier molecular flexibility index (Phi) is 6.55. The van der Waals surface area contributed by atoms with Gasteiger partial charge in [0.05, 0.1) is 6.54 Å². The first-order valence-corrected chi connectivity index (χ1v) is 8.46. The van der Waals surface area contributed by atoms with E-state index in [0.29, 0.717) is 5.11 Å². The van der Waals surface area contributed by atoms with E-state index in [2.05, 4.69) is 38.8 Å². The highest BCUT2D eigenvalue weighted by Gasteiger charge is 2.06. The number of carbonyl (C=O) groups is 1. The van der Waals surface area contributed by atoms with Gasteiger partial charge in [-0.2, -0.15) is 0 Å². The van der Waals surface area contributed by atoms with Crippen LogP contribution in [0.2, 0.25) is 0 Å². The van der Waals surface area contributed by atoms with Crippen LogP contribution >= 0.6 is 28.1 Å². The molecule has 0 heterocycles. The highest BCUT2D eigenvalue weighted by atomic mass is 79.9. The summed E-state index contributed by atoms with van der Waals surface area (Å²) in [6.45, 7) is 2.16. The van der Waals surface area contributed by atoms with E-state index in [4.69, 9.17) is 12.2 Å². The smallest absolute Gasteiger partial charge is 0.243 e. The number of carbonyl (C=O) groups excluding carboxylic acids is 1. The summed E-state index contributed by atoms with van der Waals surface area (Å²) in [5, 5.41) is 9.23. The van der Waals surface area contributed by atoms with Crippen LogP contribution in [0.3, 0.4) is 0 Å². The minimum Gasteiger partial charge on any atom is -0.353 e. The zero-order valence-corrected chi connectivity index (χ0v) is 15.1. The average molecular weight is 392 g/mol. The molecule has 0 aliphatic heterocycles. The van der Waals surface area contributed by atoms with Crippen molar-refractivity contribution in [2.75, 3.05) is 17.2 Å². The summed E-state index contributed by atoms with van der Waals surface area (Å²) in [6, 6.07) is 15.4. The Balaban J connectivity index is 1.83. The van der Waals surface area contributed by atoms with Crippen LogP contribution in [0.5, 0.6) is 0 Å². The lowest BCUT2D eigenvalue weighted by Gasteiger charge is -2.12. The molecule has 0 atom stereocenters. The van der Waals surface area contributed by atoms with Gasteiger partial charge in [0.25, 0.3) is 0 Å². The second-order valence-corrected chi connectivity index (χ2v) is 6.20. The summed E-state index contributed by atoms with van der Waals surface area (Å²) in [5.41, 5.74) is 2.80. The first kappa shape index (κ1) is 17.4. The molecule has 4 nitrogen and oxygen atoms in total. The maximum Gasteiger partial charge on any atom is 0.243 e. The molecule has 2 aromatic rings. The van der Waals surface area contributed by atoms with E-state index in [-0.39, 0.29) is 12.5 Å². The highest BCUT2D eigenvalue weighted by molar-refractivity contribution is 9.10. The fraction of sp³-hybridized carbons (Fsp3) is 0.176. The Labute approximate surface area is 149 Å². The highest BCUT2D eigenvalue weighted by Crippen LogP contribution is 2.16. The lowest BCUT2D eigenvalue weighted by atomic mass is 10.1. The Morgan fingerprint density at radius 3 is 2.65 bits per heavy atom. The summed E-state index contributed by atoms with van der Waals surface area (Å²) >= 11 is 8.59. The van der Waals surface area contributed by atoms with Crippen molar-refractivity contribution in [3.8, 4) is 0 Å². The second-order valence-electron chi connectivity index (χ2n) is 4.88. The first-order valence-electron chi connectivity index (χ1n) is 7.26. The number of para-hydroxylation sites is 1. The Morgan fingerprint density at radius 1 is 1.13 bits per heavy atom. The Hall–Kier alpha value is -1.92. The van der Waals surface area contributed by atoms with Crippen molar-refractivity contribution < 1.29 is 4.79 Å². The number of thiocarbonyl (C=S) groups is 1. The number of nitrogens with one attached hydrogen (secondary N) is 3. The van der Waals surface area contributed by atoms with E-state index in [1.54, 1.807) is 0 Å². The quantitative estimate of drug-likeness (QED) is 0.675. The topological polar surface area (TPSA) is 53.2 Å². The average Bonchev–Trinajstić information content (AvgIpc) is 2.53. The summed E-state index contributed by atoms with van der Waals surface area (Å²) < 4.78 is 0.958. The SMILES string of the molecule is CCc1ccccc1NC(=O)CNC(=S)Nc1cccc(Br)c1. The zero-order chi connectivity index (χ0) is 16.7. The van der Waals surface area contributed by atoms with E-state index in [9.17, 15) is 4.79 Å². The number of aryl methyl sites for hydroxylation is 1. The van der Waals surface area contributed by atoms with Crippen molar-refractivity contribution in [1.82, 2.24) is 5.32 Å². The van der Waals surface area contributed by atoms with Crippen LogP contribution in [0.15, 0.2) is 53.0 Å². The van der Waals surface area contributed by atoms with Crippen LogP contribution in [-0.2, 0) is 11.2 Å². The third-order valence-corrected chi connectivity index (χ3v) is 3.90. The van der Waals surface area contributed by atoms with Gasteiger partial charge in [0.2, 0.25) is 5.91 Å². The molecule has 120 valence electrons. The molecule has 1 amide bonds. The lowest BCUT2D eigenvalue weighted by molar-refractivity contribution is -0.115. The molecule has 0 bridgehead atoms. The lowest BCUT2D eigenvalue weighted by Crippen LogP contribution is -2.35. The fourth-order valence-electron chi connectivity index (χ4n) is 2.05. The predicted octanol–water partition coefficient (Wildman–Crippen LogP) is 3.94. The van der Waals surface area contributed by atoms with Gasteiger partial charge in [-0.1, -0.05) is 47.1 Å².